The Hall–Kier alpha value is -0.860. The highest BCUT2D eigenvalue weighted by Crippen LogP contribution is 2.08. The third kappa shape index (κ3) is 4.88. The van der Waals surface area contributed by atoms with Crippen molar-refractivity contribution in [3.63, 3.8) is 0 Å². The second-order valence-electron chi connectivity index (χ2n) is 5.01. The van der Waals surface area contributed by atoms with Crippen LogP contribution in [0.5, 0.6) is 0 Å². The number of rotatable bonds is 6. The molecule has 1 aromatic rings. The maximum Gasteiger partial charge on any atom is -0.000837 e. The van der Waals surface area contributed by atoms with Gasteiger partial charge >= 0.3 is 0 Å². The van der Waals surface area contributed by atoms with Crippen LogP contribution < -0.4 is 10.6 Å². The molecule has 2 N–H and O–H groups in total. The fraction of sp³-hybridized carbons (Fsp3) is 0.600. The van der Waals surface area contributed by atoms with Crippen molar-refractivity contribution in [3.8, 4) is 0 Å². The molecule has 0 amide bonds. The van der Waals surface area contributed by atoms with E-state index in [0.717, 1.165) is 12.5 Å². The Morgan fingerprint density at radius 1 is 1.24 bits per heavy atom. The van der Waals surface area contributed by atoms with Crippen LogP contribution in [0.4, 0.5) is 0 Å². The average molecular weight is 232 g/mol. The molecular weight excluding hydrogens is 208 g/mol. The van der Waals surface area contributed by atoms with Gasteiger partial charge in [-0.1, -0.05) is 30.3 Å². The molecule has 2 heteroatoms. The number of hydrogen-bond donors (Lipinski definition) is 2. The quantitative estimate of drug-likeness (QED) is 0.735. The lowest BCUT2D eigenvalue weighted by atomic mass is 10.00. The van der Waals surface area contributed by atoms with E-state index in [2.05, 4.69) is 41.0 Å². The zero-order valence-electron chi connectivity index (χ0n) is 10.6. The first-order valence-electron chi connectivity index (χ1n) is 6.90. The molecule has 2 rings (SSSR count). The SMILES string of the molecule is c1ccc(CCCNCC2CCCNC2)cc1. The molecule has 1 atom stereocenters. The molecule has 0 saturated carbocycles. The van der Waals surface area contributed by atoms with Crippen LogP contribution in [-0.4, -0.2) is 26.2 Å². The van der Waals surface area contributed by atoms with Crippen molar-refractivity contribution >= 4 is 0 Å². The van der Waals surface area contributed by atoms with Gasteiger partial charge in [0.25, 0.3) is 0 Å². The summed E-state index contributed by atoms with van der Waals surface area (Å²) in [5.41, 5.74) is 1.45. The molecule has 1 aliphatic heterocycles. The number of benzene rings is 1. The Bertz CT molecular complexity index is 291. The Balaban J connectivity index is 1.51. The van der Waals surface area contributed by atoms with Crippen LogP contribution in [0.2, 0.25) is 0 Å². The van der Waals surface area contributed by atoms with E-state index in [0.29, 0.717) is 0 Å². The molecule has 1 unspecified atom stereocenters. The van der Waals surface area contributed by atoms with Crippen LogP contribution in [0.15, 0.2) is 30.3 Å². The molecule has 1 heterocycles. The van der Waals surface area contributed by atoms with Gasteiger partial charge in [-0.3, -0.25) is 0 Å². The molecule has 0 bridgehead atoms. The minimum absolute atomic E-state index is 0.848. The molecular formula is C15H24N2. The van der Waals surface area contributed by atoms with E-state index < -0.39 is 0 Å². The van der Waals surface area contributed by atoms with Gasteiger partial charge in [-0.25, -0.2) is 0 Å². The molecule has 0 spiro atoms. The molecule has 0 aliphatic carbocycles. The van der Waals surface area contributed by atoms with Gasteiger partial charge in [-0.05, 0) is 63.3 Å². The smallest absolute Gasteiger partial charge is 0.000837 e. The fourth-order valence-corrected chi connectivity index (χ4v) is 2.47. The van der Waals surface area contributed by atoms with E-state index in [1.54, 1.807) is 0 Å². The van der Waals surface area contributed by atoms with Gasteiger partial charge in [-0.15, -0.1) is 0 Å². The number of piperidine rings is 1. The van der Waals surface area contributed by atoms with Crippen molar-refractivity contribution in [2.24, 2.45) is 5.92 Å². The van der Waals surface area contributed by atoms with Crippen molar-refractivity contribution in [1.29, 1.82) is 0 Å². The topological polar surface area (TPSA) is 24.1 Å². The third-order valence-corrected chi connectivity index (χ3v) is 3.49. The molecule has 94 valence electrons. The van der Waals surface area contributed by atoms with Gasteiger partial charge in [0.2, 0.25) is 0 Å². The summed E-state index contributed by atoms with van der Waals surface area (Å²) < 4.78 is 0. The lowest BCUT2D eigenvalue weighted by Gasteiger charge is -2.22. The molecule has 1 aliphatic rings. The first-order chi connectivity index (χ1) is 8.45. The van der Waals surface area contributed by atoms with E-state index in [-0.39, 0.29) is 0 Å². The second-order valence-corrected chi connectivity index (χ2v) is 5.01. The Morgan fingerprint density at radius 2 is 2.12 bits per heavy atom. The monoisotopic (exact) mass is 232 g/mol. The number of aryl methyl sites for hydroxylation is 1. The average Bonchev–Trinajstić information content (AvgIpc) is 2.41. The normalized spacial score (nSPS) is 20.4. The second kappa shape index (κ2) is 7.46. The van der Waals surface area contributed by atoms with Crippen LogP contribution in [0.3, 0.4) is 0 Å². The van der Waals surface area contributed by atoms with E-state index in [1.165, 1.54) is 50.9 Å². The van der Waals surface area contributed by atoms with Crippen LogP contribution >= 0.6 is 0 Å². The Morgan fingerprint density at radius 3 is 2.88 bits per heavy atom. The van der Waals surface area contributed by atoms with Crippen molar-refractivity contribution in [2.45, 2.75) is 25.7 Å². The zero-order chi connectivity index (χ0) is 11.8. The van der Waals surface area contributed by atoms with Gasteiger partial charge in [0.1, 0.15) is 0 Å². The van der Waals surface area contributed by atoms with Gasteiger partial charge in [-0.2, -0.15) is 0 Å². The number of nitrogens with one attached hydrogen (secondary N) is 2. The highest BCUT2D eigenvalue weighted by Gasteiger charge is 2.11. The summed E-state index contributed by atoms with van der Waals surface area (Å²) in [6.45, 7) is 4.74. The van der Waals surface area contributed by atoms with Gasteiger partial charge < -0.3 is 10.6 Å². The van der Waals surface area contributed by atoms with Gasteiger partial charge in [0.15, 0.2) is 0 Å². The molecule has 0 aromatic heterocycles. The van der Waals surface area contributed by atoms with Gasteiger partial charge in [0.05, 0.1) is 0 Å². The van der Waals surface area contributed by atoms with Crippen LogP contribution in [-0.2, 0) is 6.42 Å². The van der Waals surface area contributed by atoms with Crippen LogP contribution in [0.1, 0.15) is 24.8 Å². The van der Waals surface area contributed by atoms with Crippen LogP contribution in [0.25, 0.3) is 0 Å². The minimum Gasteiger partial charge on any atom is -0.316 e. The van der Waals surface area contributed by atoms with E-state index in [1.807, 2.05) is 0 Å². The van der Waals surface area contributed by atoms with E-state index >= 15 is 0 Å². The summed E-state index contributed by atoms with van der Waals surface area (Å²) in [6.07, 6.45) is 5.16. The lowest BCUT2D eigenvalue weighted by molar-refractivity contribution is 0.360. The van der Waals surface area contributed by atoms with Gasteiger partial charge in [0, 0.05) is 0 Å². The third-order valence-electron chi connectivity index (χ3n) is 3.49. The predicted octanol–water partition coefficient (Wildman–Crippen LogP) is 2.21. The maximum atomic E-state index is 3.59. The number of hydrogen-bond acceptors (Lipinski definition) is 2. The minimum atomic E-state index is 0.848. The van der Waals surface area contributed by atoms with E-state index in [4.69, 9.17) is 0 Å². The Kier molecular flexibility index (Phi) is 5.53. The predicted molar refractivity (Wildman–Crippen MR) is 73.2 cm³/mol. The highest BCUT2D eigenvalue weighted by molar-refractivity contribution is 5.14. The first-order valence-corrected chi connectivity index (χ1v) is 6.90. The zero-order valence-corrected chi connectivity index (χ0v) is 10.6. The maximum absolute atomic E-state index is 3.59. The molecule has 17 heavy (non-hydrogen) atoms. The van der Waals surface area contributed by atoms with Crippen molar-refractivity contribution < 1.29 is 0 Å². The standard InChI is InChI=1S/C15H24N2/c1-2-6-14(7-3-1)8-4-10-16-12-15-9-5-11-17-13-15/h1-3,6-7,15-17H,4-5,8-13H2. The first kappa shape index (κ1) is 12.6. The summed E-state index contributed by atoms with van der Waals surface area (Å²) in [4.78, 5) is 0. The fourth-order valence-electron chi connectivity index (χ4n) is 2.47. The summed E-state index contributed by atoms with van der Waals surface area (Å²) in [7, 11) is 0. The molecule has 0 radical (unpaired) electrons. The molecule has 2 nitrogen and oxygen atoms in total. The van der Waals surface area contributed by atoms with E-state index in [9.17, 15) is 0 Å². The van der Waals surface area contributed by atoms with Crippen molar-refractivity contribution in [3.05, 3.63) is 35.9 Å². The summed E-state index contributed by atoms with van der Waals surface area (Å²) in [5.74, 6) is 0.848. The lowest BCUT2D eigenvalue weighted by Crippen LogP contribution is -2.36. The van der Waals surface area contributed by atoms with Crippen LogP contribution in [0, 0.1) is 5.92 Å². The highest BCUT2D eigenvalue weighted by atomic mass is 14.9. The molecule has 1 aromatic carbocycles. The summed E-state index contributed by atoms with van der Waals surface area (Å²) in [6, 6.07) is 10.8. The van der Waals surface area contributed by atoms with Crippen molar-refractivity contribution in [2.75, 3.05) is 26.2 Å². The van der Waals surface area contributed by atoms with Crippen molar-refractivity contribution in [1.82, 2.24) is 10.6 Å². The molecule has 1 saturated heterocycles. The largest absolute Gasteiger partial charge is 0.316 e. The summed E-state index contributed by atoms with van der Waals surface area (Å²) >= 11 is 0. The Labute approximate surface area is 105 Å². The molecule has 1 fully saturated rings. The summed E-state index contributed by atoms with van der Waals surface area (Å²) in [5, 5.41) is 7.05.